The summed E-state index contributed by atoms with van der Waals surface area (Å²) in [5.74, 6) is 0. The van der Waals surface area contributed by atoms with Crippen molar-refractivity contribution in [2.24, 2.45) is 11.1 Å². The number of rotatable bonds is 5. The van der Waals surface area contributed by atoms with E-state index in [0.717, 1.165) is 19.5 Å². The van der Waals surface area contributed by atoms with Gasteiger partial charge in [0, 0.05) is 12.1 Å². The summed E-state index contributed by atoms with van der Waals surface area (Å²) < 4.78 is 0. The molecule has 0 aromatic carbocycles. The molecular weight excluding hydrogens is 184 g/mol. The average Bonchev–Trinajstić information content (AvgIpc) is 2.21. The first-order chi connectivity index (χ1) is 7.08. The fraction of sp³-hybridized carbons (Fsp3) is 0.846. The van der Waals surface area contributed by atoms with Crippen LogP contribution >= 0.6 is 0 Å². The molecule has 0 radical (unpaired) electrons. The topological polar surface area (TPSA) is 38.0 Å². The van der Waals surface area contributed by atoms with Gasteiger partial charge >= 0.3 is 0 Å². The van der Waals surface area contributed by atoms with Gasteiger partial charge in [0.25, 0.3) is 0 Å². The van der Waals surface area contributed by atoms with Gasteiger partial charge in [0.1, 0.15) is 0 Å². The van der Waals surface area contributed by atoms with Crippen molar-refractivity contribution in [2.45, 2.75) is 51.5 Å². The Bertz CT molecular complexity index is 211. The van der Waals surface area contributed by atoms with Crippen molar-refractivity contribution in [2.75, 3.05) is 13.1 Å². The summed E-state index contributed by atoms with van der Waals surface area (Å²) in [6.45, 7) is 10.2. The van der Waals surface area contributed by atoms with Gasteiger partial charge in [0.15, 0.2) is 0 Å². The van der Waals surface area contributed by atoms with Gasteiger partial charge in [0.05, 0.1) is 0 Å². The largest absolute Gasteiger partial charge is 0.329 e. The minimum absolute atomic E-state index is 0.147. The molecule has 0 saturated heterocycles. The Morgan fingerprint density at radius 3 is 2.53 bits per heavy atom. The highest BCUT2D eigenvalue weighted by Crippen LogP contribution is 2.43. The third-order valence-electron chi connectivity index (χ3n) is 4.11. The molecule has 88 valence electrons. The van der Waals surface area contributed by atoms with Gasteiger partial charge in [-0.3, -0.25) is 0 Å². The van der Waals surface area contributed by atoms with E-state index in [1.165, 1.54) is 25.7 Å². The zero-order valence-corrected chi connectivity index (χ0v) is 10.3. The standard InChI is InChI=1S/C13H26N2/c1-4-5-10-15-13(11-14)9-7-6-8-12(13,2)3/h4,15H,1,5-11,14H2,2-3H3. The van der Waals surface area contributed by atoms with Crippen molar-refractivity contribution >= 4 is 0 Å². The van der Waals surface area contributed by atoms with Crippen LogP contribution in [0.1, 0.15) is 46.0 Å². The zero-order chi connectivity index (χ0) is 11.4. The third kappa shape index (κ3) is 2.61. The van der Waals surface area contributed by atoms with Gasteiger partial charge < -0.3 is 11.1 Å². The molecule has 2 heteroatoms. The lowest BCUT2D eigenvalue weighted by Crippen LogP contribution is -2.62. The molecule has 1 rings (SSSR count). The monoisotopic (exact) mass is 210 g/mol. The summed E-state index contributed by atoms with van der Waals surface area (Å²) in [7, 11) is 0. The van der Waals surface area contributed by atoms with E-state index in [1.54, 1.807) is 0 Å². The molecule has 0 heterocycles. The van der Waals surface area contributed by atoms with Crippen LogP contribution in [0.2, 0.25) is 0 Å². The first-order valence-electron chi connectivity index (χ1n) is 6.14. The summed E-state index contributed by atoms with van der Waals surface area (Å²) in [4.78, 5) is 0. The highest BCUT2D eigenvalue weighted by molar-refractivity contribution is 5.03. The molecule has 2 nitrogen and oxygen atoms in total. The smallest absolute Gasteiger partial charge is 0.0355 e. The Kier molecular flexibility index (Phi) is 4.35. The van der Waals surface area contributed by atoms with E-state index in [-0.39, 0.29) is 5.54 Å². The van der Waals surface area contributed by atoms with E-state index < -0.39 is 0 Å². The van der Waals surface area contributed by atoms with Crippen molar-refractivity contribution < 1.29 is 0 Å². The Labute approximate surface area is 94.3 Å². The highest BCUT2D eigenvalue weighted by Gasteiger charge is 2.44. The predicted molar refractivity (Wildman–Crippen MR) is 66.9 cm³/mol. The van der Waals surface area contributed by atoms with Gasteiger partial charge in [-0.1, -0.05) is 32.8 Å². The van der Waals surface area contributed by atoms with Crippen molar-refractivity contribution in [1.29, 1.82) is 0 Å². The lowest BCUT2D eigenvalue weighted by atomic mass is 9.63. The lowest BCUT2D eigenvalue weighted by molar-refractivity contribution is 0.0699. The Hall–Kier alpha value is -0.340. The van der Waals surface area contributed by atoms with Crippen LogP contribution in [0.25, 0.3) is 0 Å². The number of hydrogen-bond donors (Lipinski definition) is 2. The molecule has 0 aliphatic heterocycles. The molecule has 1 unspecified atom stereocenters. The first kappa shape index (κ1) is 12.7. The van der Waals surface area contributed by atoms with Crippen LogP contribution in [-0.4, -0.2) is 18.6 Å². The van der Waals surface area contributed by atoms with Crippen LogP contribution in [0.3, 0.4) is 0 Å². The predicted octanol–water partition coefficient (Wildman–Crippen LogP) is 2.45. The molecule has 0 aromatic rings. The van der Waals surface area contributed by atoms with Crippen molar-refractivity contribution in [3.63, 3.8) is 0 Å². The average molecular weight is 210 g/mol. The summed E-state index contributed by atoms with van der Waals surface area (Å²) in [6.07, 6.45) is 8.14. The molecule has 1 aliphatic carbocycles. The van der Waals surface area contributed by atoms with Gasteiger partial charge in [0.2, 0.25) is 0 Å². The van der Waals surface area contributed by atoms with Gasteiger partial charge in [-0.15, -0.1) is 6.58 Å². The molecule has 1 saturated carbocycles. The number of hydrogen-bond acceptors (Lipinski definition) is 2. The molecular formula is C13H26N2. The fourth-order valence-electron chi connectivity index (χ4n) is 2.76. The molecule has 15 heavy (non-hydrogen) atoms. The fourth-order valence-corrected chi connectivity index (χ4v) is 2.76. The Balaban J connectivity index is 2.66. The second-order valence-electron chi connectivity index (χ2n) is 5.38. The van der Waals surface area contributed by atoms with Crippen LogP contribution < -0.4 is 11.1 Å². The van der Waals surface area contributed by atoms with Crippen LogP contribution in [0.5, 0.6) is 0 Å². The summed E-state index contributed by atoms with van der Waals surface area (Å²) in [5, 5.41) is 3.68. The van der Waals surface area contributed by atoms with E-state index in [0.29, 0.717) is 5.41 Å². The van der Waals surface area contributed by atoms with Crippen molar-refractivity contribution in [3.8, 4) is 0 Å². The zero-order valence-electron chi connectivity index (χ0n) is 10.3. The summed E-state index contributed by atoms with van der Waals surface area (Å²) >= 11 is 0. The minimum atomic E-state index is 0.147. The lowest BCUT2D eigenvalue weighted by Gasteiger charge is -2.50. The second kappa shape index (κ2) is 5.13. The molecule has 0 aromatic heterocycles. The maximum atomic E-state index is 6.01. The normalized spacial score (nSPS) is 30.1. The number of nitrogens with two attached hydrogens (primary N) is 1. The van der Waals surface area contributed by atoms with Crippen LogP contribution in [0.15, 0.2) is 12.7 Å². The molecule has 3 N–H and O–H groups in total. The third-order valence-corrected chi connectivity index (χ3v) is 4.11. The first-order valence-corrected chi connectivity index (χ1v) is 6.14. The number of nitrogens with one attached hydrogen (secondary N) is 1. The summed E-state index contributed by atoms with van der Waals surface area (Å²) in [6, 6.07) is 0. The Morgan fingerprint density at radius 1 is 1.33 bits per heavy atom. The molecule has 0 amide bonds. The van der Waals surface area contributed by atoms with Crippen LogP contribution in [0.4, 0.5) is 0 Å². The molecule has 0 bridgehead atoms. The van der Waals surface area contributed by atoms with E-state index >= 15 is 0 Å². The van der Waals surface area contributed by atoms with Crippen molar-refractivity contribution in [3.05, 3.63) is 12.7 Å². The quantitative estimate of drug-likeness (QED) is 0.540. The Morgan fingerprint density at radius 2 is 2.00 bits per heavy atom. The van der Waals surface area contributed by atoms with Gasteiger partial charge in [-0.05, 0) is 31.2 Å². The van der Waals surface area contributed by atoms with E-state index in [4.69, 9.17) is 5.73 Å². The highest BCUT2D eigenvalue weighted by atomic mass is 15.0. The second-order valence-corrected chi connectivity index (χ2v) is 5.38. The molecule has 0 spiro atoms. The molecule has 1 fully saturated rings. The SMILES string of the molecule is C=CCCNC1(CN)CCCCC1(C)C. The van der Waals surface area contributed by atoms with Crippen LogP contribution in [-0.2, 0) is 0 Å². The molecule has 1 aliphatic rings. The van der Waals surface area contributed by atoms with Gasteiger partial charge in [-0.2, -0.15) is 0 Å². The van der Waals surface area contributed by atoms with E-state index in [2.05, 4.69) is 25.7 Å². The van der Waals surface area contributed by atoms with Gasteiger partial charge in [-0.25, -0.2) is 0 Å². The van der Waals surface area contributed by atoms with E-state index in [9.17, 15) is 0 Å². The maximum Gasteiger partial charge on any atom is 0.0355 e. The van der Waals surface area contributed by atoms with Crippen LogP contribution in [0, 0.1) is 5.41 Å². The van der Waals surface area contributed by atoms with Crippen molar-refractivity contribution in [1.82, 2.24) is 5.32 Å². The van der Waals surface area contributed by atoms with E-state index in [1.807, 2.05) is 6.08 Å². The summed E-state index contributed by atoms with van der Waals surface area (Å²) in [5.41, 5.74) is 6.48. The maximum absolute atomic E-state index is 6.01. The minimum Gasteiger partial charge on any atom is -0.329 e. The molecule has 1 atom stereocenters.